The normalized spacial score (nSPS) is 19.4. The lowest BCUT2D eigenvalue weighted by Gasteiger charge is -2.35. The Labute approximate surface area is 230 Å². The van der Waals surface area contributed by atoms with Gasteiger partial charge in [0.25, 0.3) is 5.91 Å². The molecule has 0 unspecified atom stereocenters. The fourth-order valence-electron chi connectivity index (χ4n) is 5.84. The molecule has 2 aliphatic rings. The Hall–Kier alpha value is -2.74. The number of carbonyl (C=O) groups is 3. The summed E-state index contributed by atoms with van der Waals surface area (Å²) in [6.07, 6.45) is 8.22. The molecule has 1 aromatic heterocycles. The molecule has 208 valence electrons. The molecule has 1 saturated carbocycles. The standard InChI is InChI=1S/C29H41ClN4O4/c1-29(2,3)38-28(37)31-25(19-10-7-6-8-11-19)27(36)34-15-9-12-21(34)17-33-18-23(26(35)32(4)5)22-16-20(30)13-14-24(22)33/h13-14,16,18-19,21,25H,6-12,15,17H2,1-5H3,(H,31,37)/t21-,25-/m0/s1. The highest BCUT2D eigenvalue weighted by Gasteiger charge is 2.39. The van der Waals surface area contributed by atoms with Gasteiger partial charge in [0.2, 0.25) is 5.91 Å². The van der Waals surface area contributed by atoms with Crippen molar-refractivity contribution < 1.29 is 19.1 Å². The van der Waals surface area contributed by atoms with E-state index in [2.05, 4.69) is 9.88 Å². The number of rotatable bonds is 6. The Kier molecular flexibility index (Phi) is 8.60. The number of nitrogens with one attached hydrogen (secondary N) is 1. The number of ether oxygens (including phenoxy) is 1. The van der Waals surface area contributed by atoms with Gasteiger partial charge in [0.05, 0.1) is 5.56 Å². The van der Waals surface area contributed by atoms with Crippen molar-refractivity contribution in [1.29, 1.82) is 0 Å². The molecular weight excluding hydrogens is 504 g/mol. The summed E-state index contributed by atoms with van der Waals surface area (Å²) in [6.45, 7) is 6.69. The van der Waals surface area contributed by atoms with Crippen molar-refractivity contribution in [2.24, 2.45) is 5.92 Å². The number of benzene rings is 1. The summed E-state index contributed by atoms with van der Waals surface area (Å²) in [6, 6.07) is 4.94. The second kappa shape index (κ2) is 11.6. The molecule has 1 aromatic carbocycles. The number of fused-ring (bicyclic) bond motifs is 1. The monoisotopic (exact) mass is 544 g/mol. The Morgan fingerprint density at radius 1 is 1.11 bits per heavy atom. The van der Waals surface area contributed by atoms with Crippen molar-refractivity contribution in [3.63, 3.8) is 0 Å². The summed E-state index contributed by atoms with van der Waals surface area (Å²) in [5, 5.41) is 4.33. The molecule has 0 spiro atoms. The third-order valence-corrected chi connectivity index (χ3v) is 7.84. The lowest BCUT2D eigenvalue weighted by Crippen LogP contribution is -2.55. The van der Waals surface area contributed by atoms with Gasteiger partial charge in [0, 0.05) is 55.3 Å². The van der Waals surface area contributed by atoms with Crippen LogP contribution in [0.5, 0.6) is 0 Å². The van der Waals surface area contributed by atoms with Crippen LogP contribution in [0.15, 0.2) is 24.4 Å². The largest absolute Gasteiger partial charge is 0.444 e. The van der Waals surface area contributed by atoms with Gasteiger partial charge < -0.3 is 24.4 Å². The maximum absolute atomic E-state index is 14.0. The van der Waals surface area contributed by atoms with E-state index in [1.807, 2.05) is 50.1 Å². The average molecular weight is 545 g/mol. The molecule has 38 heavy (non-hydrogen) atoms. The van der Waals surface area contributed by atoms with Gasteiger partial charge in [-0.05, 0) is 70.6 Å². The number of alkyl carbamates (subject to hydrolysis) is 1. The molecule has 1 aliphatic heterocycles. The van der Waals surface area contributed by atoms with Crippen LogP contribution in [0.1, 0.15) is 76.1 Å². The molecule has 8 nitrogen and oxygen atoms in total. The van der Waals surface area contributed by atoms with Crippen LogP contribution < -0.4 is 5.32 Å². The van der Waals surface area contributed by atoms with Crippen LogP contribution in [0, 0.1) is 5.92 Å². The number of hydrogen-bond donors (Lipinski definition) is 1. The van der Waals surface area contributed by atoms with Gasteiger partial charge in [-0.2, -0.15) is 0 Å². The first kappa shape index (κ1) is 28.3. The zero-order chi connectivity index (χ0) is 27.6. The summed E-state index contributed by atoms with van der Waals surface area (Å²) >= 11 is 6.28. The molecule has 2 heterocycles. The number of carbonyl (C=O) groups excluding carboxylic acids is 3. The predicted molar refractivity (Wildman–Crippen MR) is 149 cm³/mol. The van der Waals surface area contributed by atoms with Crippen LogP contribution in [0.25, 0.3) is 10.9 Å². The Bertz CT molecular complexity index is 1180. The molecule has 4 rings (SSSR count). The summed E-state index contributed by atoms with van der Waals surface area (Å²) in [4.78, 5) is 43.2. The number of amides is 3. The zero-order valence-corrected chi connectivity index (χ0v) is 24.0. The summed E-state index contributed by atoms with van der Waals surface area (Å²) in [5.41, 5.74) is 0.866. The Balaban J connectivity index is 1.59. The topological polar surface area (TPSA) is 83.9 Å². The van der Waals surface area contributed by atoms with Crippen molar-refractivity contribution >= 4 is 40.4 Å². The Morgan fingerprint density at radius 2 is 1.82 bits per heavy atom. The molecule has 0 radical (unpaired) electrons. The first-order chi connectivity index (χ1) is 17.9. The minimum atomic E-state index is -0.638. The number of halogens is 1. The second-order valence-corrected chi connectivity index (χ2v) is 12.3. The van der Waals surface area contributed by atoms with E-state index in [1.54, 1.807) is 19.0 Å². The van der Waals surface area contributed by atoms with Crippen LogP contribution >= 0.6 is 11.6 Å². The molecule has 1 aliphatic carbocycles. The second-order valence-electron chi connectivity index (χ2n) is 11.9. The van der Waals surface area contributed by atoms with Crippen LogP contribution in [0.3, 0.4) is 0 Å². The van der Waals surface area contributed by atoms with Crippen molar-refractivity contribution in [3.05, 3.63) is 35.0 Å². The number of likely N-dealkylation sites (tertiary alicyclic amines) is 1. The van der Waals surface area contributed by atoms with Crippen molar-refractivity contribution in [3.8, 4) is 0 Å². The van der Waals surface area contributed by atoms with Gasteiger partial charge >= 0.3 is 6.09 Å². The van der Waals surface area contributed by atoms with E-state index in [4.69, 9.17) is 16.3 Å². The molecule has 2 fully saturated rings. The van der Waals surface area contributed by atoms with E-state index in [1.165, 1.54) is 0 Å². The summed E-state index contributed by atoms with van der Waals surface area (Å²) in [7, 11) is 3.47. The first-order valence-corrected chi connectivity index (χ1v) is 14.1. The third kappa shape index (κ3) is 6.45. The lowest BCUT2D eigenvalue weighted by atomic mass is 9.83. The fraction of sp³-hybridized carbons (Fsp3) is 0.621. The highest BCUT2D eigenvalue weighted by Crippen LogP contribution is 2.31. The fourth-order valence-corrected chi connectivity index (χ4v) is 6.01. The van der Waals surface area contributed by atoms with Gasteiger partial charge in [0.1, 0.15) is 11.6 Å². The third-order valence-electron chi connectivity index (χ3n) is 7.61. The highest BCUT2D eigenvalue weighted by atomic mass is 35.5. The van der Waals surface area contributed by atoms with Gasteiger partial charge in [-0.3, -0.25) is 9.59 Å². The SMILES string of the molecule is CN(C)C(=O)c1cn(C[C@@H]2CCCN2C(=O)[C@@H](NC(=O)OC(C)(C)C)C2CCCCC2)c2ccc(Cl)cc12. The smallest absolute Gasteiger partial charge is 0.408 e. The minimum Gasteiger partial charge on any atom is -0.444 e. The van der Waals surface area contributed by atoms with E-state index >= 15 is 0 Å². The number of aromatic nitrogens is 1. The molecule has 9 heteroatoms. The summed E-state index contributed by atoms with van der Waals surface area (Å²) in [5.74, 6) is -0.0208. The van der Waals surface area contributed by atoms with Crippen LogP contribution in [-0.2, 0) is 16.1 Å². The number of nitrogens with zero attached hydrogens (tertiary/aromatic N) is 3. The van der Waals surface area contributed by atoms with Crippen LogP contribution in [0.4, 0.5) is 4.79 Å². The van der Waals surface area contributed by atoms with E-state index in [-0.39, 0.29) is 23.8 Å². The maximum Gasteiger partial charge on any atom is 0.408 e. The van der Waals surface area contributed by atoms with Gasteiger partial charge in [-0.15, -0.1) is 0 Å². The predicted octanol–water partition coefficient (Wildman–Crippen LogP) is 5.46. The van der Waals surface area contributed by atoms with Crippen molar-refractivity contribution in [2.75, 3.05) is 20.6 Å². The molecule has 2 atom stereocenters. The average Bonchev–Trinajstić information content (AvgIpc) is 3.45. The van der Waals surface area contributed by atoms with Crippen molar-refractivity contribution in [2.45, 2.75) is 89.9 Å². The molecule has 3 amide bonds. The quantitative estimate of drug-likeness (QED) is 0.523. The molecule has 2 aromatic rings. The van der Waals surface area contributed by atoms with Crippen LogP contribution in [0.2, 0.25) is 5.02 Å². The van der Waals surface area contributed by atoms with Crippen LogP contribution in [-0.4, -0.2) is 70.6 Å². The first-order valence-electron chi connectivity index (χ1n) is 13.7. The van der Waals surface area contributed by atoms with E-state index in [9.17, 15) is 14.4 Å². The van der Waals surface area contributed by atoms with E-state index < -0.39 is 17.7 Å². The molecular formula is C29H41ClN4O4. The summed E-state index contributed by atoms with van der Waals surface area (Å²) < 4.78 is 7.59. The minimum absolute atomic E-state index is 0.0330. The van der Waals surface area contributed by atoms with E-state index in [0.29, 0.717) is 23.7 Å². The lowest BCUT2D eigenvalue weighted by molar-refractivity contribution is -0.136. The number of hydrogen-bond acceptors (Lipinski definition) is 4. The Morgan fingerprint density at radius 3 is 2.47 bits per heavy atom. The van der Waals surface area contributed by atoms with E-state index in [0.717, 1.165) is 55.8 Å². The molecule has 0 bridgehead atoms. The molecule has 1 saturated heterocycles. The maximum atomic E-state index is 14.0. The van der Waals surface area contributed by atoms with Gasteiger partial charge in [-0.25, -0.2) is 4.79 Å². The van der Waals surface area contributed by atoms with Gasteiger partial charge in [0.15, 0.2) is 0 Å². The van der Waals surface area contributed by atoms with Crippen molar-refractivity contribution in [1.82, 2.24) is 19.7 Å². The van der Waals surface area contributed by atoms with Gasteiger partial charge in [-0.1, -0.05) is 30.9 Å². The zero-order valence-electron chi connectivity index (χ0n) is 23.3. The highest BCUT2D eigenvalue weighted by molar-refractivity contribution is 6.31. The molecule has 1 N–H and O–H groups in total.